The van der Waals surface area contributed by atoms with Crippen molar-refractivity contribution < 1.29 is 0 Å². The summed E-state index contributed by atoms with van der Waals surface area (Å²) in [6.45, 7) is 2.18. The van der Waals surface area contributed by atoms with Gasteiger partial charge in [-0.25, -0.2) is 0 Å². The van der Waals surface area contributed by atoms with Crippen LogP contribution in [0.25, 0.3) is 10.9 Å². The Morgan fingerprint density at radius 3 is 2.70 bits per heavy atom. The van der Waals surface area contributed by atoms with Gasteiger partial charge in [0.1, 0.15) is 12.2 Å². The molecule has 114 valence electrons. The fourth-order valence-electron chi connectivity index (χ4n) is 3.06. The Kier molecular flexibility index (Phi) is 3.42. The van der Waals surface area contributed by atoms with Crippen molar-refractivity contribution in [2.24, 2.45) is 0 Å². The quantitative estimate of drug-likeness (QED) is 0.620. The topological polar surface area (TPSA) is 46.5 Å². The molecule has 2 heterocycles. The number of hydrogen-bond donors (Lipinski definition) is 1. The van der Waals surface area contributed by atoms with Crippen LogP contribution >= 0.6 is 0 Å². The van der Waals surface area contributed by atoms with Crippen LogP contribution in [0, 0.1) is 0 Å². The van der Waals surface area contributed by atoms with E-state index in [9.17, 15) is 0 Å². The Hall–Kier alpha value is -2.88. The lowest BCUT2D eigenvalue weighted by atomic mass is 10.1. The van der Waals surface area contributed by atoms with Crippen molar-refractivity contribution in [2.75, 3.05) is 0 Å². The molecule has 0 bridgehead atoms. The highest BCUT2D eigenvalue weighted by molar-refractivity contribution is 5.83. The summed E-state index contributed by atoms with van der Waals surface area (Å²) < 4.78 is 2.15. The normalized spacial score (nSPS) is 12.6. The Balaban J connectivity index is 1.68. The third-order valence-electron chi connectivity index (χ3n) is 4.37. The van der Waals surface area contributed by atoms with Gasteiger partial charge < -0.3 is 9.55 Å². The minimum absolute atomic E-state index is 0.214. The maximum atomic E-state index is 4.34. The van der Waals surface area contributed by atoms with Crippen LogP contribution < -0.4 is 0 Å². The first-order valence-electron chi connectivity index (χ1n) is 7.81. The minimum Gasteiger partial charge on any atom is -0.361 e. The zero-order valence-corrected chi connectivity index (χ0v) is 13.0. The fraction of sp³-hybridized carbons (Fsp3) is 0.158. The second-order valence-electron chi connectivity index (χ2n) is 5.78. The van der Waals surface area contributed by atoms with Crippen molar-refractivity contribution in [1.29, 1.82) is 0 Å². The van der Waals surface area contributed by atoms with E-state index in [-0.39, 0.29) is 6.04 Å². The Bertz CT molecular complexity index is 921. The number of nitrogens with zero attached hydrogens (tertiary/aromatic N) is 3. The van der Waals surface area contributed by atoms with Gasteiger partial charge >= 0.3 is 0 Å². The summed E-state index contributed by atoms with van der Waals surface area (Å²) in [5.41, 5.74) is 3.66. The molecular weight excluding hydrogens is 284 g/mol. The first-order valence-corrected chi connectivity index (χ1v) is 7.81. The summed E-state index contributed by atoms with van der Waals surface area (Å²) in [6, 6.07) is 19.0. The number of para-hydroxylation sites is 1. The van der Waals surface area contributed by atoms with E-state index in [0.29, 0.717) is 0 Å². The minimum atomic E-state index is 0.214. The van der Waals surface area contributed by atoms with E-state index in [4.69, 9.17) is 0 Å². The van der Waals surface area contributed by atoms with Crippen molar-refractivity contribution >= 4 is 10.9 Å². The molecule has 0 fully saturated rings. The lowest BCUT2D eigenvalue weighted by molar-refractivity contribution is 0.609. The lowest BCUT2D eigenvalue weighted by Gasteiger charge is -2.15. The first-order chi connectivity index (χ1) is 11.3. The number of aromatic nitrogens is 4. The van der Waals surface area contributed by atoms with Crippen molar-refractivity contribution in [1.82, 2.24) is 19.7 Å². The van der Waals surface area contributed by atoms with Gasteiger partial charge in [-0.15, -0.1) is 10.2 Å². The van der Waals surface area contributed by atoms with Gasteiger partial charge in [0.2, 0.25) is 0 Å². The molecule has 0 saturated heterocycles. The van der Waals surface area contributed by atoms with Crippen LogP contribution in [0.1, 0.15) is 29.9 Å². The van der Waals surface area contributed by atoms with Crippen LogP contribution in [-0.2, 0) is 6.42 Å². The maximum absolute atomic E-state index is 4.34. The van der Waals surface area contributed by atoms with Crippen LogP contribution in [0.3, 0.4) is 0 Å². The molecule has 0 saturated carbocycles. The van der Waals surface area contributed by atoms with E-state index in [0.717, 1.165) is 17.8 Å². The van der Waals surface area contributed by atoms with Crippen molar-refractivity contribution in [2.45, 2.75) is 19.4 Å². The van der Waals surface area contributed by atoms with Gasteiger partial charge in [-0.3, -0.25) is 0 Å². The van der Waals surface area contributed by atoms with Gasteiger partial charge in [-0.2, -0.15) is 0 Å². The molecule has 23 heavy (non-hydrogen) atoms. The molecule has 1 atom stereocenters. The Labute approximate surface area is 134 Å². The standard InChI is InChI=1S/C19H18N4/c1-14(15-7-3-2-4-8-15)23-13-21-22-19(23)11-16-12-20-18-10-6-5-9-17(16)18/h2-10,12-14,20H,11H2,1H3/t14-/m1/s1. The SMILES string of the molecule is C[C@H](c1ccccc1)n1cnnc1Cc1c[nH]c2ccccc12. The molecule has 4 nitrogen and oxygen atoms in total. The third-order valence-corrected chi connectivity index (χ3v) is 4.37. The molecule has 2 aromatic carbocycles. The summed E-state index contributed by atoms with van der Waals surface area (Å²) in [5, 5.41) is 9.72. The number of benzene rings is 2. The Morgan fingerprint density at radius 2 is 1.83 bits per heavy atom. The molecule has 2 aromatic heterocycles. The van der Waals surface area contributed by atoms with Gasteiger partial charge in [-0.05, 0) is 24.1 Å². The van der Waals surface area contributed by atoms with Crippen LogP contribution in [0.15, 0.2) is 67.1 Å². The molecule has 0 aliphatic carbocycles. The maximum Gasteiger partial charge on any atom is 0.137 e. The highest BCUT2D eigenvalue weighted by Gasteiger charge is 2.14. The summed E-state index contributed by atoms with van der Waals surface area (Å²) in [6.07, 6.45) is 4.65. The highest BCUT2D eigenvalue weighted by Crippen LogP contribution is 2.23. The molecule has 0 spiro atoms. The highest BCUT2D eigenvalue weighted by atomic mass is 15.3. The Morgan fingerprint density at radius 1 is 1.04 bits per heavy atom. The van der Waals surface area contributed by atoms with E-state index in [1.807, 2.05) is 18.5 Å². The van der Waals surface area contributed by atoms with Crippen molar-refractivity contribution in [3.63, 3.8) is 0 Å². The monoisotopic (exact) mass is 302 g/mol. The second-order valence-corrected chi connectivity index (χ2v) is 5.78. The predicted octanol–water partition coefficient (Wildman–Crippen LogP) is 3.96. The number of hydrogen-bond acceptors (Lipinski definition) is 2. The molecule has 0 aliphatic rings. The molecule has 1 N–H and O–H groups in total. The second kappa shape index (κ2) is 5.72. The molecule has 4 rings (SSSR count). The van der Waals surface area contributed by atoms with Crippen LogP contribution in [-0.4, -0.2) is 19.7 Å². The van der Waals surface area contributed by atoms with Crippen LogP contribution in [0.4, 0.5) is 0 Å². The van der Waals surface area contributed by atoms with Crippen molar-refractivity contribution in [3.8, 4) is 0 Å². The predicted molar refractivity (Wildman–Crippen MR) is 91.4 cm³/mol. The first kappa shape index (κ1) is 13.8. The summed E-state index contributed by atoms with van der Waals surface area (Å²) >= 11 is 0. The van der Waals surface area contributed by atoms with Gasteiger partial charge in [0.25, 0.3) is 0 Å². The van der Waals surface area contributed by atoms with Gasteiger partial charge in [-0.1, -0.05) is 48.5 Å². The average Bonchev–Trinajstić information content (AvgIpc) is 3.23. The van der Waals surface area contributed by atoms with Crippen LogP contribution in [0.5, 0.6) is 0 Å². The van der Waals surface area contributed by atoms with Crippen molar-refractivity contribution in [3.05, 3.63) is 84.1 Å². The molecule has 4 aromatic rings. The average molecular weight is 302 g/mol. The molecule has 0 amide bonds. The van der Waals surface area contributed by atoms with Gasteiger partial charge in [0.15, 0.2) is 0 Å². The number of fused-ring (bicyclic) bond motifs is 1. The lowest BCUT2D eigenvalue weighted by Crippen LogP contribution is -2.10. The smallest absolute Gasteiger partial charge is 0.137 e. The zero-order chi connectivity index (χ0) is 15.6. The van der Waals surface area contributed by atoms with Gasteiger partial charge in [0, 0.05) is 23.5 Å². The molecule has 0 aliphatic heterocycles. The largest absolute Gasteiger partial charge is 0.361 e. The summed E-state index contributed by atoms with van der Waals surface area (Å²) in [7, 11) is 0. The number of rotatable bonds is 4. The third kappa shape index (κ3) is 2.52. The molecule has 4 heteroatoms. The van der Waals surface area contributed by atoms with Crippen LogP contribution in [0.2, 0.25) is 0 Å². The number of aromatic amines is 1. The zero-order valence-electron chi connectivity index (χ0n) is 13.0. The van der Waals surface area contributed by atoms with E-state index in [1.165, 1.54) is 16.5 Å². The number of H-pyrrole nitrogens is 1. The van der Waals surface area contributed by atoms with E-state index in [2.05, 4.69) is 75.3 Å². The molecule has 0 unspecified atom stereocenters. The fourth-order valence-corrected chi connectivity index (χ4v) is 3.06. The van der Waals surface area contributed by atoms with E-state index in [1.54, 1.807) is 0 Å². The summed E-state index contributed by atoms with van der Waals surface area (Å²) in [5.74, 6) is 0.978. The summed E-state index contributed by atoms with van der Waals surface area (Å²) in [4.78, 5) is 3.32. The molecular formula is C19H18N4. The van der Waals surface area contributed by atoms with E-state index < -0.39 is 0 Å². The van der Waals surface area contributed by atoms with E-state index >= 15 is 0 Å². The molecule has 0 radical (unpaired) electrons. The number of nitrogens with one attached hydrogen (secondary N) is 1. The van der Waals surface area contributed by atoms with Gasteiger partial charge in [0.05, 0.1) is 6.04 Å².